The van der Waals surface area contributed by atoms with E-state index in [1.165, 1.54) is 32.1 Å². The number of nitrogens with zero attached hydrogens (tertiary/aromatic N) is 1. The maximum atomic E-state index is 11.4. The predicted molar refractivity (Wildman–Crippen MR) is 59.3 cm³/mol. The average Bonchev–Trinajstić information content (AvgIpc) is 2.15. The van der Waals surface area contributed by atoms with Crippen LogP contribution in [0, 0.1) is 5.92 Å². The van der Waals surface area contributed by atoms with Crippen LogP contribution in [0.25, 0.3) is 0 Å². The Morgan fingerprint density at radius 2 is 1.86 bits per heavy atom. The Kier molecular flexibility index (Phi) is 4.59. The minimum absolute atomic E-state index is 0.151. The molecule has 0 spiro atoms. The first kappa shape index (κ1) is 11.7. The molecule has 1 aliphatic carbocycles. The van der Waals surface area contributed by atoms with Gasteiger partial charge in [0, 0.05) is 0 Å². The summed E-state index contributed by atoms with van der Waals surface area (Å²) in [6, 6.07) is 0.151. The third-order valence-electron chi connectivity index (χ3n) is 3.37. The van der Waals surface area contributed by atoms with E-state index in [1.54, 1.807) is 6.92 Å². The molecule has 0 radical (unpaired) electrons. The zero-order valence-electron chi connectivity index (χ0n) is 9.75. The Hall–Kier alpha value is -0.370. The molecule has 82 valence electrons. The molecule has 0 aromatic rings. The van der Waals surface area contributed by atoms with Crippen molar-refractivity contribution in [2.75, 3.05) is 14.1 Å². The van der Waals surface area contributed by atoms with Crippen molar-refractivity contribution in [3.63, 3.8) is 0 Å². The molecular formula is C12H23NO. The zero-order valence-corrected chi connectivity index (χ0v) is 9.75. The van der Waals surface area contributed by atoms with Crippen LogP contribution in [0.4, 0.5) is 0 Å². The van der Waals surface area contributed by atoms with Gasteiger partial charge in [0.25, 0.3) is 0 Å². The molecule has 1 rings (SSSR count). The van der Waals surface area contributed by atoms with E-state index in [9.17, 15) is 4.79 Å². The summed E-state index contributed by atoms with van der Waals surface area (Å²) in [6.07, 6.45) is 7.85. The Morgan fingerprint density at radius 1 is 1.29 bits per heavy atom. The van der Waals surface area contributed by atoms with Gasteiger partial charge in [-0.05, 0) is 33.4 Å². The fourth-order valence-corrected chi connectivity index (χ4v) is 2.48. The first-order chi connectivity index (χ1) is 6.61. The fourth-order valence-electron chi connectivity index (χ4n) is 2.48. The molecule has 14 heavy (non-hydrogen) atoms. The van der Waals surface area contributed by atoms with Crippen LogP contribution in [0.5, 0.6) is 0 Å². The highest BCUT2D eigenvalue weighted by molar-refractivity contribution is 5.81. The van der Waals surface area contributed by atoms with E-state index >= 15 is 0 Å². The predicted octanol–water partition coefficient (Wildman–Crippen LogP) is 2.48. The quantitative estimate of drug-likeness (QED) is 0.690. The summed E-state index contributed by atoms with van der Waals surface area (Å²) in [5.41, 5.74) is 0. The third-order valence-corrected chi connectivity index (χ3v) is 3.37. The molecule has 1 atom stereocenters. The maximum Gasteiger partial charge on any atom is 0.146 e. The van der Waals surface area contributed by atoms with Crippen molar-refractivity contribution in [1.29, 1.82) is 0 Å². The number of likely N-dealkylation sites (N-methyl/N-ethyl adjacent to an activating group) is 1. The second-order valence-corrected chi connectivity index (χ2v) is 4.83. The van der Waals surface area contributed by atoms with E-state index in [0.29, 0.717) is 5.78 Å². The van der Waals surface area contributed by atoms with Gasteiger partial charge in [-0.3, -0.25) is 9.69 Å². The number of ketones is 1. The van der Waals surface area contributed by atoms with Gasteiger partial charge >= 0.3 is 0 Å². The maximum absolute atomic E-state index is 11.4. The molecule has 0 heterocycles. The summed E-state index contributed by atoms with van der Waals surface area (Å²) < 4.78 is 0. The Labute approximate surface area is 87.7 Å². The molecule has 0 unspecified atom stereocenters. The standard InChI is InChI=1S/C12H23NO/c1-10(14)12(13(2)3)9-11-7-5-4-6-8-11/h11-12H,4-9H2,1-3H3/t12-/m0/s1. The summed E-state index contributed by atoms with van der Waals surface area (Å²) in [4.78, 5) is 13.5. The van der Waals surface area contributed by atoms with Gasteiger partial charge in [0.15, 0.2) is 0 Å². The molecule has 1 saturated carbocycles. The van der Waals surface area contributed by atoms with E-state index in [1.807, 2.05) is 14.1 Å². The first-order valence-corrected chi connectivity index (χ1v) is 5.78. The van der Waals surface area contributed by atoms with Crippen LogP contribution in [0.2, 0.25) is 0 Å². The highest BCUT2D eigenvalue weighted by Gasteiger charge is 2.23. The minimum Gasteiger partial charge on any atom is -0.300 e. The van der Waals surface area contributed by atoms with E-state index in [0.717, 1.165) is 12.3 Å². The lowest BCUT2D eigenvalue weighted by atomic mass is 9.84. The van der Waals surface area contributed by atoms with Crippen molar-refractivity contribution in [3.05, 3.63) is 0 Å². The van der Waals surface area contributed by atoms with Gasteiger partial charge in [-0.2, -0.15) is 0 Å². The van der Waals surface area contributed by atoms with Gasteiger partial charge in [-0.15, -0.1) is 0 Å². The van der Waals surface area contributed by atoms with E-state index in [4.69, 9.17) is 0 Å². The van der Waals surface area contributed by atoms with Crippen LogP contribution in [0.1, 0.15) is 45.4 Å². The van der Waals surface area contributed by atoms with Gasteiger partial charge in [0.1, 0.15) is 5.78 Å². The van der Waals surface area contributed by atoms with Crippen molar-refractivity contribution in [2.45, 2.75) is 51.5 Å². The zero-order chi connectivity index (χ0) is 10.6. The fraction of sp³-hybridized carbons (Fsp3) is 0.917. The number of rotatable bonds is 4. The summed E-state index contributed by atoms with van der Waals surface area (Å²) in [7, 11) is 4.02. The van der Waals surface area contributed by atoms with Gasteiger partial charge in [-0.25, -0.2) is 0 Å². The monoisotopic (exact) mass is 197 g/mol. The van der Waals surface area contributed by atoms with Gasteiger partial charge in [-0.1, -0.05) is 32.1 Å². The third kappa shape index (κ3) is 3.41. The second kappa shape index (κ2) is 5.50. The summed E-state index contributed by atoms with van der Waals surface area (Å²) >= 11 is 0. The molecule has 0 bridgehead atoms. The topological polar surface area (TPSA) is 20.3 Å². The van der Waals surface area contributed by atoms with Gasteiger partial charge in [0.05, 0.1) is 6.04 Å². The first-order valence-electron chi connectivity index (χ1n) is 5.78. The van der Waals surface area contributed by atoms with Gasteiger partial charge in [0.2, 0.25) is 0 Å². The molecule has 0 amide bonds. The molecule has 0 aromatic carbocycles. The molecule has 0 N–H and O–H groups in total. The van der Waals surface area contributed by atoms with Crippen LogP contribution in [-0.4, -0.2) is 30.8 Å². The second-order valence-electron chi connectivity index (χ2n) is 4.83. The van der Waals surface area contributed by atoms with E-state index in [-0.39, 0.29) is 6.04 Å². The summed E-state index contributed by atoms with van der Waals surface area (Å²) in [6.45, 7) is 1.72. The minimum atomic E-state index is 0.151. The highest BCUT2D eigenvalue weighted by Crippen LogP contribution is 2.28. The Morgan fingerprint density at radius 3 is 2.29 bits per heavy atom. The number of carbonyl (C=O) groups is 1. The SMILES string of the molecule is CC(=O)[C@H](CC1CCCCC1)N(C)C. The van der Waals surface area contributed by atoms with E-state index < -0.39 is 0 Å². The Bertz CT molecular complexity index is 183. The molecule has 0 saturated heterocycles. The molecule has 1 fully saturated rings. The lowest BCUT2D eigenvalue weighted by Crippen LogP contribution is -2.36. The van der Waals surface area contributed by atoms with Crippen molar-refractivity contribution >= 4 is 5.78 Å². The smallest absolute Gasteiger partial charge is 0.146 e. The van der Waals surface area contributed by atoms with Crippen LogP contribution < -0.4 is 0 Å². The average molecular weight is 197 g/mol. The highest BCUT2D eigenvalue weighted by atomic mass is 16.1. The summed E-state index contributed by atoms with van der Waals surface area (Å²) in [5.74, 6) is 1.11. The van der Waals surface area contributed by atoms with Crippen molar-refractivity contribution in [3.8, 4) is 0 Å². The number of hydrogen-bond acceptors (Lipinski definition) is 2. The molecular weight excluding hydrogens is 174 g/mol. The largest absolute Gasteiger partial charge is 0.300 e. The van der Waals surface area contributed by atoms with E-state index in [2.05, 4.69) is 4.90 Å². The Balaban J connectivity index is 2.41. The van der Waals surface area contributed by atoms with Crippen molar-refractivity contribution in [2.24, 2.45) is 5.92 Å². The molecule has 2 heteroatoms. The molecule has 2 nitrogen and oxygen atoms in total. The lowest BCUT2D eigenvalue weighted by Gasteiger charge is -2.28. The lowest BCUT2D eigenvalue weighted by molar-refractivity contribution is -0.121. The summed E-state index contributed by atoms with van der Waals surface area (Å²) in [5, 5.41) is 0. The molecule has 1 aliphatic rings. The molecule has 0 aromatic heterocycles. The van der Waals surface area contributed by atoms with Crippen LogP contribution in [-0.2, 0) is 4.79 Å². The van der Waals surface area contributed by atoms with Crippen LogP contribution in [0.3, 0.4) is 0 Å². The van der Waals surface area contributed by atoms with Gasteiger partial charge < -0.3 is 0 Å². The van der Waals surface area contributed by atoms with Crippen molar-refractivity contribution in [1.82, 2.24) is 4.90 Å². The van der Waals surface area contributed by atoms with Crippen molar-refractivity contribution < 1.29 is 4.79 Å². The number of hydrogen-bond donors (Lipinski definition) is 0. The normalized spacial score (nSPS) is 21.1. The van der Waals surface area contributed by atoms with Crippen LogP contribution >= 0.6 is 0 Å². The number of carbonyl (C=O) groups excluding carboxylic acids is 1. The van der Waals surface area contributed by atoms with Crippen LogP contribution in [0.15, 0.2) is 0 Å². The molecule has 0 aliphatic heterocycles. The number of Topliss-reactive ketones (excluding diaryl/α,β-unsaturated/α-hetero) is 1.